The Labute approximate surface area is 110 Å². The van der Waals surface area contributed by atoms with Crippen molar-refractivity contribution in [3.05, 3.63) is 29.3 Å². The lowest BCUT2D eigenvalue weighted by Crippen LogP contribution is -2.52. The van der Waals surface area contributed by atoms with Gasteiger partial charge in [-0.1, -0.05) is 26.0 Å². The van der Waals surface area contributed by atoms with Crippen molar-refractivity contribution in [3.63, 3.8) is 0 Å². The molecular weight excluding hydrogens is 224 g/mol. The molecule has 0 amide bonds. The van der Waals surface area contributed by atoms with Crippen LogP contribution in [-0.2, 0) is 13.0 Å². The summed E-state index contributed by atoms with van der Waals surface area (Å²) in [5.41, 5.74) is 8.51. The van der Waals surface area contributed by atoms with Crippen LogP contribution in [0.4, 0.5) is 0 Å². The summed E-state index contributed by atoms with van der Waals surface area (Å²) in [4.78, 5) is 0. The third kappa shape index (κ3) is 2.68. The monoisotopic (exact) mass is 248 g/mol. The number of hydrogen-bond donors (Lipinski definition) is 2. The zero-order chi connectivity index (χ0) is 13.2. The minimum atomic E-state index is -0.00445. The molecule has 1 aromatic carbocycles. The molecule has 0 fully saturated rings. The van der Waals surface area contributed by atoms with Crippen molar-refractivity contribution in [2.24, 2.45) is 11.7 Å². The first-order valence-corrected chi connectivity index (χ1v) is 6.75. The van der Waals surface area contributed by atoms with Crippen LogP contribution in [0.3, 0.4) is 0 Å². The Kier molecular flexibility index (Phi) is 3.93. The molecule has 3 nitrogen and oxygen atoms in total. The van der Waals surface area contributed by atoms with E-state index >= 15 is 0 Å². The van der Waals surface area contributed by atoms with E-state index in [4.69, 9.17) is 10.5 Å². The first kappa shape index (κ1) is 13.4. The normalized spacial score (nSPS) is 17.4. The zero-order valence-corrected chi connectivity index (χ0v) is 11.6. The summed E-state index contributed by atoms with van der Waals surface area (Å²) in [5.74, 6) is 1.56. The first-order valence-electron chi connectivity index (χ1n) is 6.75. The average Bonchev–Trinajstić information content (AvgIpc) is 2.82. The second kappa shape index (κ2) is 5.29. The van der Waals surface area contributed by atoms with E-state index in [2.05, 4.69) is 44.3 Å². The Bertz CT molecular complexity index is 417. The van der Waals surface area contributed by atoms with Gasteiger partial charge >= 0.3 is 0 Å². The van der Waals surface area contributed by atoms with Crippen molar-refractivity contribution in [2.75, 3.05) is 13.2 Å². The van der Waals surface area contributed by atoms with Crippen LogP contribution in [0.15, 0.2) is 18.2 Å². The van der Waals surface area contributed by atoms with E-state index in [1.165, 1.54) is 11.1 Å². The van der Waals surface area contributed by atoms with Gasteiger partial charge in [0.1, 0.15) is 5.75 Å². The molecule has 2 rings (SSSR count). The van der Waals surface area contributed by atoms with Gasteiger partial charge in [0.2, 0.25) is 0 Å². The molecule has 0 saturated carbocycles. The van der Waals surface area contributed by atoms with E-state index in [1.807, 2.05) is 0 Å². The predicted molar refractivity (Wildman–Crippen MR) is 74.8 cm³/mol. The second-order valence-corrected chi connectivity index (χ2v) is 5.67. The Balaban J connectivity index is 2.02. The molecule has 1 unspecified atom stereocenters. The average molecular weight is 248 g/mol. The van der Waals surface area contributed by atoms with Gasteiger partial charge in [-0.15, -0.1) is 0 Å². The van der Waals surface area contributed by atoms with Crippen molar-refractivity contribution in [1.82, 2.24) is 5.32 Å². The van der Waals surface area contributed by atoms with Gasteiger partial charge in [0.25, 0.3) is 0 Å². The zero-order valence-electron chi connectivity index (χ0n) is 11.6. The van der Waals surface area contributed by atoms with Crippen LogP contribution in [-0.4, -0.2) is 18.7 Å². The summed E-state index contributed by atoms with van der Waals surface area (Å²) in [7, 11) is 0. The van der Waals surface area contributed by atoms with Crippen LogP contribution >= 0.6 is 0 Å². The molecule has 0 aliphatic carbocycles. The van der Waals surface area contributed by atoms with Crippen molar-refractivity contribution < 1.29 is 4.74 Å². The maximum atomic E-state index is 5.88. The summed E-state index contributed by atoms with van der Waals surface area (Å²) in [5, 5.41) is 3.59. The van der Waals surface area contributed by atoms with Gasteiger partial charge in [-0.3, -0.25) is 0 Å². The molecule has 1 heterocycles. The van der Waals surface area contributed by atoms with Crippen molar-refractivity contribution in [1.29, 1.82) is 0 Å². The summed E-state index contributed by atoms with van der Waals surface area (Å²) in [6.45, 7) is 8.93. The number of hydrogen-bond acceptors (Lipinski definition) is 3. The number of nitrogens with one attached hydrogen (secondary N) is 1. The maximum absolute atomic E-state index is 5.88. The summed E-state index contributed by atoms with van der Waals surface area (Å²) >= 11 is 0. The van der Waals surface area contributed by atoms with Crippen molar-refractivity contribution in [3.8, 4) is 5.75 Å². The molecule has 1 aliphatic rings. The topological polar surface area (TPSA) is 47.3 Å². The Morgan fingerprint density at radius 2 is 2.22 bits per heavy atom. The second-order valence-electron chi connectivity index (χ2n) is 5.67. The maximum Gasteiger partial charge on any atom is 0.122 e. The molecule has 3 heteroatoms. The highest BCUT2D eigenvalue weighted by Crippen LogP contribution is 2.26. The fraction of sp³-hybridized carbons (Fsp3) is 0.600. The number of rotatable bonds is 5. The largest absolute Gasteiger partial charge is 0.493 e. The fourth-order valence-electron chi connectivity index (χ4n) is 2.17. The number of nitrogens with two attached hydrogens (primary N) is 1. The molecule has 1 atom stereocenters. The lowest BCUT2D eigenvalue weighted by Gasteiger charge is -2.34. The Morgan fingerprint density at radius 1 is 1.44 bits per heavy atom. The fourth-order valence-corrected chi connectivity index (χ4v) is 2.17. The molecular formula is C15H24N2O. The molecule has 0 spiro atoms. The van der Waals surface area contributed by atoms with Gasteiger partial charge < -0.3 is 15.8 Å². The number of fused-ring (bicyclic) bond motifs is 1. The highest BCUT2D eigenvalue weighted by atomic mass is 16.5. The third-order valence-corrected chi connectivity index (χ3v) is 4.15. The van der Waals surface area contributed by atoms with Crippen LogP contribution in [0.5, 0.6) is 5.75 Å². The van der Waals surface area contributed by atoms with Crippen LogP contribution in [0.2, 0.25) is 0 Å². The van der Waals surface area contributed by atoms with E-state index in [0.717, 1.165) is 25.3 Å². The van der Waals surface area contributed by atoms with Gasteiger partial charge in [0.05, 0.1) is 6.61 Å². The van der Waals surface area contributed by atoms with E-state index in [1.54, 1.807) is 0 Å². The van der Waals surface area contributed by atoms with E-state index in [9.17, 15) is 0 Å². The van der Waals surface area contributed by atoms with Crippen LogP contribution in [0, 0.1) is 5.92 Å². The molecule has 0 saturated heterocycles. The van der Waals surface area contributed by atoms with Crippen LogP contribution in [0.1, 0.15) is 31.9 Å². The quantitative estimate of drug-likeness (QED) is 0.838. The van der Waals surface area contributed by atoms with Gasteiger partial charge in [0.15, 0.2) is 0 Å². The third-order valence-electron chi connectivity index (χ3n) is 4.15. The molecule has 3 N–H and O–H groups in total. The molecule has 100 valence electrons. The minimum absolute atomic E-state index is 0.00445. The highest BCUT2D eigenvalue weighted by molar-refractivity contribution is 5.39. The minimum Gasteiger partial charge on any atom is -0.493 e. The van der Waals surface area contributed by atoms with Crippen molar-refractivity contribution in [2.45, 2.75) is 39.3 Å². The molecule has 0 aromatic heterocycles. The lowest BCUT2D eigenvalue weighted by atomic mass is 9.88. The van der Waals surface area contributed by atoms with Gasteiger partial charge in [-0.05, 0) is 30.0 Å². The van der Waals surface area contributed by atoms with Crippen LogP contribution in [0.25, 0.3) is 0 Å². The smallest absolute Gasteiger partial charge is 0.122 e. The highest BCUT2D eigenvalue weighted by Gasteiger charge is 2.25. The van der Waals surface area contributed by atoms with E-state index in [0.29, 0.717) is 12.5 Å². The lowest BCUT2D eigenvalue weighted by molar-refractivity contribution is 0.267. The van der Waals surface area contributed by atoms with Gasteiger partial charge in [-0.2, -0.15) is 0 Å². The standard InChI is InChI=1S/C15H24N2O/c1-11(2)15(3,10-16)17-9-12-4-5-14-13(8-12)6-7-18-14/h4-5,8,11,17H,6-7,9-10,16H2,1-3H3. The van der Waals surface area contributed by atoms with Gasteiger partial charge in [0, 0.05) is 25.0 Å². The summed E-state index contributed by atoms with van der Waals surface area (Å²) in [6.07, 6.45) is 1.03. The SMILES string of the molecule is CC(C)C(C)(CN)NCc1ccc2c(c1)CCO2. The van der Waals surface area contributed by atoms with E-state index < -0.39 is 0 Å². The summed E-state index contributed by atoms with van der Waals surface area (Å²) in [6, 6.07) is 6.45. The van der Waals surface area contributed by atoms with Crippen LogP contribution < -0.4 is 15.8 Å². The molecule has 0 radical (unpaired) electrons. The molecule has 1 aromatic rings. The molecule has 18 heavy (non-hydrogen) atoms. The predicted octanol–water partition coefficient (Wildman–Crippen LogP) is 2.08. The Hall–Kier alpha value is -1.06. The van der Waals surface area contributed by atoms with Gasteiger partial charge in [-0.25, -0.2) is 0 Å². The summed E-state index contributed by atoms with van der Waals surface area (Å²) < 4.78 is 5.52. The first-order chi connectivity index (χ1) is 8.55. The van der Waals surface area contributed by atoms with Crippen molar-refractivity contribution >= 4 is 0 Å². The number of benzene rings is 1. The Morgan fingerprint density at radius 3 is 2.89 bits per heavy atom. The van der Waals surface area contributed by atoms with E-state index in [-0.39, 0.29) is 5.54 Å². The number of ether oxygens (including phenoxy) is 1. The molecule has 1 aliphatic heterocycles. The molecule has 0 bridgehead atoms.